The molecule has 0 saturated carbocycles. The number of ether oxygens (including phenoxy) is 3. The summed E-state index contributed by atoms with van der Waals surface area (Å²) in [6.45, 7) is 2.63. The minimum absolute atomic E-state index is 0.275. The summed E-state index contributed by atoms with van der Waals surface area (Å²) in [7, 11) is 1.63. The quantitative estimate of drug-likeness (QED) is 0.693. The summed E-state index contributed by atoms with van der Waals surface area (Å²) in [6, 6.07) is 11.3. The van der Waals surface area contributed by atoms with Crippen LogP contribution in [0.4, 0.5) is 0 Å². The zero-order valence-electron chi connectivity index (χ0n) is 14.8. The Morgan fingerprint density at radius 3 is 2.62 bits per heavy atom. The molecule has 1 unspecified atom stereocenters. The summed E-state index contributed by atoms with van der Waals surface area (Å²) in [6.07, 6.45) is 2.55. The molecule has 3 rings (SSSR count). The number of methoxy groups -OCH3 is 1. The van der Waals surface area contributed by atoms with Gasteiger partial charge in [-0.3, -0.25) is 0 Å². The minimum atomic E-state index is 0.275. The second kappa shape index (κ2) is 9.47. The molecule has 1 aliphatic heterocycles. The molecule has 2 aromatic rings. The van der Waals surface area contributed by atoms with Crippen molar-refractivity contribution in [1.82, 2.24) is 5.32 Å². The number of hydrogen-bond donors (Lipinski definition) is 1. The highest BCUT2D eigenvalue weighted by molar-refractivity contribution is 6.35. The fourth-order valence-electron chi connectivity index (χ4n) is 3.01. The van der Waals surface area contributed by atoms with Gasteiger partial charge < -0.3 is 19.5 Å². The average Bonchev–Trinajstić information content (AvgIpc) is 3.15. The molecule has 0 spiro atoms. The van der Waals surface area contributed by atoms with Crippen LogP contribution >= 0.6 is 23.2 Å². The lowest BCUT2D eigenvalue weighted by Gasteiger charge is -2.17. The third-order valence-corrected chi connectivity index (χ3v) is 5.12. The predicted octanol–water partition coefficient (Wildman–Crippen LogP) is 4.85. The topological polar surface area (TPSA) is 39.7 Å². The lowest BCUT2D eigenvalue weighted by molar-refractivity contribution is 0.110. The maximum Gasteiger partial charge on any atom is 0.166 e. The van der Waals surface area contributed by atoms with Crippen LogP contribution in [0.3, 0.4) is 0 Å². The van der Waals surface area contributed by atoms with Crippen molar-refractivity contribution in [2.45, 2.75) is 32.1 Å². The number of halogens is 2. The third-order valence-electron chi connectivity index (χ3n) is 4.41. The highest BCUT2D eigenvalue weighted by Gasteiger charge is 2.16. The van der Waals surface area contributed by atoms with Crippen LogP contribution in [0.1, 0.15) is 24.0 Å². The third kappa shape index (κ3) is 4.83. The van der Waals surface area contributed by atoms with Gasteiger partial charge in [0.05, 0.1) is 13.2 Å². The zero-order chi connectivity index (χ0) is 18.4. The molecule has 0 bridgehead atoms. The van der Waals surface area contributed by atoms with E-state index >= 15 is 0 Å². The molecule has 6 heteroatoms. The van der Waals surface area contributed by atoms with Crippen LogP contribution in [0, 0.1) is 0 Å². The van der Waals surface area contributed by atoms with Gasteiger partial charge in [0.1, 0.15) is 6.61 Å². The van der Waals surface area contributed by atoms with Crippen LogP contribution in [-0.2, 0) is 17.9 Å². The highest BCUT2D eigenvalue weighted by atomic mass is 35.5. The Hall–Kier alpha value is -1.46. The summed E-state index contributed by atoms with van der Waals surface area (Å²) >= 11 is 12.5. The van der Waals surface area contributed by atoms with E-state index in [9.17, 15) is 0 Å². The van der Waals surface area contributed by atoms with Crippen LogP contribution < -0.4 is 14.8 Å². The van der Waals surface area contributed by atoms with Gasteiger partial charge in [-0.2, -0.15) is 0 Å². The van der Waals surface area contributed by atoms with Crippen LogP contribution in [0.15, 0.2) is 36.4 Å². The molecule has 1 N–H and O–H groups in total. The lowest BCUT2D eigenvalue weighted by Crippen LogP contribution is -2.26. The fraction of sp³-hybridized carbons (Fsp3) is 0.400. The fourth-order valence-corrected chi connectivity index (χ4v) is 3.52. The Morgan fingerprint density at radius 1 is 1.15 bits per heavy atom. The summed E-state index contributed by atoms with van der Waals surface area (Å²) in [5.41, 5.74) is 1.78. The van der Waals surface area contributed by atoms with Crippen LogP contribution in [0.5, 0.6) is 11.5 Å². The van der Waals surface area contributed by atoms with Crippen LogP contribution in [-0.4, -0.2) is 26.4 Å². The summed E-state index contributed by atoms with van der Waals surface area (Å²) in [5.74, 6) is 1.38. The smallest absolute Gasteiger partial charge is 0.166 e. The molecule has 0 radical (unpaired) electrons. The normalized spacial score (nSPS) is 16.7. The van der Waals surface area contributed by atoms with Gasteiger partial charge in [0.15, 0.2) is 11.5 Å². The molecule has 1 aliphatic rings. The molecule has 140 valence electrons. The molecule has 4 nitrogen and oxygen atoms in total. The Kier molecular flexibility index (Phi) is 7.03. The van der Waals surface area contributed by atoms with E-state index in [1.807, 2.05) is 24.3 Å². The molecule has 0 aliphatic carbocycles. The summed E-state index contributed by atoms with van der Waals surface area (Å²) in [4.78, 5) is 0. The van der Waals surface area contributed by atoms with Gasteiger partial charge in [-0.1, -0.05) is 41.4 Å². The standard InChI is InChI=1S/C20H23Cl2NO3/c1-24-19-9-2-5-14(11-23-12-15-6-4-10-25-15)20(19)26-13-16-17(21)7-3-8-18(16)22/h2-3,5,7-9,15,23H,4,6,10-13H2,1H3. The Labute approximate surface area is 164 Å². The van der Waals surface area contributed by atoms with E-state index in [0.29, 0.717) is 34.2 Å². The monoisotopic (exact) mass is 395 g/mol. The SMILES string of the molecule is COc1cccc(CNCC2CCCO2)c1OCc1c(Cl)cccc1Cl. The van der Waals surface area contributed by atoms with Crippen molar-refractivity contribution in [3.05, 3.63) is 57.6 Å². The van der Waals surface area contributed by atoms with Crippen molar-refractivity contribution >= 4 is 23.2 Å². The number of hydrogen-bond acceptors (Lipinski definition) is 4. The first-order chi connectivity index (χ1) is 12.7. The number of rotatable bonds is 8. The molecule has 1 saturated heterocycles. The molecular formula is C20H23Cl2NO3. The van der Waals surface area contributed by atoms with E-state index in [2.05, 4.69) is 5.32 Å². The van der Waals surface area contributed by atoms with Gasteiger partial charge in [0, 0.05) is 40.9 Å². The second-order valence-electron chi connectivity index (χ2n) is 6.20. The van der Waals surface area contributed by atoms with Gasteiger partial charge in [0.25, 0.3) is 0 Å². The lowest BCUT2D eigenvalue weighted by atomic mass is 10.1. The molecule has 26 heavy (non-hydrogen) atoms. The predicted molar refractivity (Wildman–Crippen MR) is 104 cm³/mol. The van der Waals surface area contributed by atoms with Gasteiger partial charge in [-0.25, -0.2) is 0 Å². The van der Waals surface area contributed by atoms with Crippen molar-refractivity contribution in [2.24, 2.45) is 0 Å². The molecule has 2 aromatic carbocycles. The first kappa shape index (κ1) is 19.3. The van der Waals surface area contributed by atoms with Crippen molar-refractivity contribution in [1.29, 1.82) is 0 Å². The van der Waals surface area contributed by atoms with Crippen molar-refractivity contribution in [3.8, 4) is 11.5 Å². The van der Waals surface area contributed by atoms with E-state index in [1.54, 1.807) is 19.2 Å². The number of nitrogens with one attached hydrogen (secondary N) is 1. The number of para-hydroxylation sites is 1. The molecule has 0 amide bonds. The minimum Gasteiger partial charge on any atom is -0.493 e. The molecule has 0 aromatic heterocycles. The van der Waals surface area contributed by atoms with Gasteiger partial charge in [-0.05, 0) is 31.0 Å². The zero-order valence-corrected chi connectivity index (χ0v) is 16.3. The highest BCUT2D eigenvalue weighted by Crippen LogP contribution is 2.33. The van der Waals surface area contributed by atoms with E-state index in [-0.39, 0.29) is 6.61 Å². The Morgan fingerprint density at radius 2 is 1.92 bits per heavy atom. The van der Waals surface area contributed by atoms with Gasteiger partial charge in [0.2, 0.25) is 0 Å². The van der Waals surface area contributed by atoms with Gasteiger partial charge in [-0.15, -0.1) is 0 Å². The molecule has 1 heterocycles. The first-order valence-corrected chi connectivity index (χ1v) is 9.48. The van der Waals surface area contributed by atoms with E-state index in [1.165, 1.54) is 0 Å². The van der Waals surface area contributed by atoms with Crippen molar-refractivity contribution < 1.29 is 14.2 Å². The largest absolute Gasteiger partial charge is 0.493 e. The maximum atomic E-state index is 6.24. The number of benzene rings is 2. The van der Waals surface area contributed by atoms with Gasteiger partial charge >= 0.3 is 0 Å². The second-order valence-corrected chi connectivity index (χ2v) is 7.02. The van der Waals surface area contributed by atoms with Crippen LogP contribution in [0.25, 0.3) is 0 Å². The maximum absolute atomic E-state index is 6.24. The first-order valence-electron chi connectivity index (χ1n) is 8.73. The summed E-state index contributed by atoms with van der Waals surface area (Å²) < 4.78 is 17.2. The molecular weight excluding hydrogens is 373 g/mol. The molecule has 1 atom stereocenters. The molecule has 1 fully saturated rings. The van der Waals surface area contributed by atoms with E-state index in [0.717, 1.165) is 37.1 Å². The van der Waals surface area contributed by atoms with Crippen LogP contribution in [0.2, 0.25) is 10.0 Å². The van der Waals surface area contributed by atoms with E-state index < -0.39 is 0 Å². The van der Waals surface area contributed by atoms with Crippen molar-refractivity contribution in [2.75, 3.05) is 20.3 Å². The Bertz CT molecular complexity index is 713. The summed E-state index contributed by atoms with van der Waals surface area (Å²) in [5, 5.41) is 4.62. The Balaban J connectivity index is 1.69. The van der Waals surface area contributed by atoms with Crippen molar-refractivity contribution in [3.63, 3.8) is 0 Å². The average molecular weight is 396 g/mol. The van der Waals surface area contributed by atoms with E-state index in [4.69, 9.17) is 37.4 Å².